The highest BCUT2D eigenvalue weighted by Gasteiger charge is 2.07. The second-order valence-electron chi connectivity index (χ2n) is 3.51. The molecule has 0 spiro atoms. The molecular formula is C13H10NO2S-. The number of aryl methyl sites for hydroxylation is 1. The summed E-state index contributed by atoms with van der Waals surface area (Å²) in [6, 6.07) is 12.7. The molecule has 1 heterocycles. The molecule has 4 heteroatoms. The van der Waals surface area contributed by atoms with E-state index < -0.39 is 5.97 Å². The van der Waals surface area contributed by atoms with Gasteiger partial charge in [0.1, 0.15) is 5.03 Å². The summed E-state index contributed by atoms with van der Waals surface area (Å²) in [5.41, 5.74) is 0.915. The molecule has 0 radical (unpaired) electrons. The van der Waals surface area contributed by atoms with Gasteiger partial charge in [-0.05, 0) is 31.2 Å². The summed E-state index contributed by atoms with van der Waals surface area (Å²) in [6.45, 7) is 1.83. The first kappa shape index (κ1) is 11.7. The van der Waals surface area contributed by atoms with E-state index >= 15 is 0 Å². The van der Waals surface area contributed by atoms with E-state index in [1.807, 2.05) is 37.3 Å². The van der Waals surface area contributed by atoms with Gasteiger partial charge in [0.25, 0.3) is 0 Å². The first-order chi connectivity index (χ1) is 8.16. The van der Waals surface area contributed by atoms with E-state index in [0.717, 1.165) is 10.6 Å². The third-order valence-electron chi connectivity index (χ3n) is 2.18. The summed E-state index contributed by atoms with van der Waals surface area (Å²) in [4.78, 5) is 16.1. The fourth-order valence-electron chi connectivity index (χ4n) is 1.37. The molecule has 1 aromatic carbocycles. The van der Waals surface area contributed by atoms with Gasteiger partial charge in [-0.1, -0.05) is 30.0 Å². The number of benzene rings is 1. The highest BCUT2D eigenvalue weighted by molar-refractivity contribution is 7.99. The third-order valence-corrected chi connectivity index (χ3v) is 3.19. The van der Waals surface area contributed by atoms with Crippen LogP contribution in [-0.4, -0.2) is 11.0 Å². The first-order valence-corrected chi connectivity index (χ1v) is 5.90. The van der Waals surface area contributed by atoms with E-state index in [1.165, 1.54) is 17.8 Å². The van der Waals surface area contributed by atoms with E-state index in [2.05, 4.69) is 4.98 Å². The Kier molecular flexibility index (Phi) is 3.44. The highest BCUT2D eigenvalue weighted by Crippen LogP contribution is 2.28. The normalized spacial score (nSPS) is 10.2. The molecule has 0 aliphatic carbocycles. The zero-order valence-corrected chi connectivity index (χ0v) is 10.0. The van der Waals surface area contributed by atoms with Gasteiger partial charge in [-0.25, -0.2) is 4.98 Å². The van der Waals surface area contributed by atoms with Gasteiger partial charge >= 0.3 is 0 Å². The summed E-state index contributed by atoms with van der Waals surface area (Å²) in [5, 5.41) is 11.4. The second-order valence-corrected chi connectivity index (χ2v) is 4.57. The van der Waals surface area contributed by atoms with Gasteiger partial charge in [0, 0.05) is 16.2 Å². The van der Waals surface area contributed by atoms with E-state index in [0.29, 0.717) is 5.03 Å². The molecule has 0 fully saturated rings. The third kappa shape index (κ3) is 2.85. The molecule has 0 aliphatic rings. The fraction of sp³-hybridized carbons (Fsp3) is 0.0769. The predicted molar refractivity (Wildman–Crippen MR) is 63.9 cm³/mol. The molecule has 17 heavy (non-hydrogen) atoms. The summed E-state index contributed by atoms with van der Waals surface area (Å²) in [7, 11) is 0. The molecule has 0 saturated heterocycles. The maximum absolute atomic E-state index is 11.0. The lowest BCUT2D eigenvalue weighted by Crippen LogP contribution is -2.23. The molecule has 3 nitrogen and oxygen atoms in total. The van der Waals surface area contributed by atoms with E-state index in [-0.39, 0.29) is 5.56 Å². The molecule has 86 valence electrons. The quantitative estimate of drug-likeness (QED) is 0.827. The number of nitrogens with zero attached hydrogens (tertiary/aromatic N) is 1. The van der Waals surface area contributed by atoms with Crippen molar-refractivity contribution in [1.82, 2.24) is 4.98 Å². The zero-order chi connectivity index (χ0) is 12.3. The largest absolute Gasteiger partial charge is 0.545 e. The predicted octanol–water partition coefficient (Wildman–Crippen LogP) is 1.90. The molecule has 0 atom stereocenters. The molecule has 2 rings (SSSR count). The number of aromatic carboxylic acids is 1. The van der Waals surface area contributed by atoms with Crippen LogP contribution >= 0.6 is 11.8 Å². The van der Waals surface area contributed by atoms with Gasteiger partial charge in [-0.3, -0.25) is 0 Å². The Hall–Kier alpha value is -1.81. The molecule has 0 saturated carbocycles. The van der Waals surface area contributed by atoms with Crippen LogP contribution in [0.1, 0.15) is 16.1 Å². The Morgan fingerprint density at radius 2 is 1.88 bits per heavy atom. The number of carboxylic acids is 1. The average Bonchev–Trinajstić information content (AvgIpc) is 2.30. The fourth-order valence-corrected chi connectivity index (χ4v) is 2.33. The van der Waals surface area contributed by atoms with E-state index in [9.17, 15) is 9.90 Å². The number of hydrogen-bond acceptors (Lipinski definition) is 4. The van der Waals surface area contributed by atoms with Gasteiger partial charge in [0.2, 0.25) is 0 Å². The van der Waals surface area contributed by atoms with Crippen LogP contribution in [0.25, 0.3) is 0 Å². The Morgan fingerprint density at radius 1 is 1.18 bits per heavy atom. The number of aromatic nitrogens is 1. The smallest absolute Gasteiger partial charge is 0.110 e. The number of carbonyl (C=O) groups excluding carboxylic acids is 1. The molecule has 0 aliphatic heterocycles. The minimum Gasteiger partial charge on any atom is -0.545 e. The lowest BCUT2D eigenvalue weighted by atomic mass is 10.2. The van der Waals surface area contributed by atoms with Crippen molar-refractivity contribution in [3.8, 4) is 0 Å². The lowest BCUT2D eigenvalue weighted by Gasteiger charge is -2.09. The Labute approximate surface area is 104 Å². The standard InChI is InChI=1S/C13H11NO2S/c1-9-7-8-11(13(15)16)12(14-9)17-10-5-3-2-4-6-10/h2-8H,1H3,(H,15,16)/p-1. The molecular weight excluding hydrogens is 234 g/mol. The Morgan fingerprint density at radius 3 is 2.53 bits per heavy atom. The average molecular weight is 244 g/mol. The van der Waals surface area contributed by atoms with Crippen molar-refractivity contribution in [1.29, 1.82) is 0 Å². The van der Waals surface area contributed by atoms with Gasteiger partial charge in [-0.2, -0.15) is 0 Å². The minimum atomic E-state index is -1.20. The monoisotopic (exact) mass is 244 g/mol. The number of rotatable bonds is 3. The van der Waals surface area contributed by atoms with Crippen LogP contribution in [0, 0.1) is 6.92 Å². The number of carboxylic acid groups (broad SMARTS) is 1. The van der Waals surface area contributed by atoms with Crippen molar-refractivity contribution in [2.24, 2.45) is 0 Å². The molecule has 1 aromatic heterocycles. The zero-order valence-electron chi connectivity index (χ0n) is 9.21. The van der Waals surface area contributed by atoms with Crippen LogP contribution in [0.2, 0.25) is 0 Å². The van der Waals surface area contributed by atoms with Crippen molar-refractivity contribution in [2.75, 3.05) is 0 Å². The van der Waals surface area contributed by atoms with Crippen molar-refractivity contribution in [2.45, 2.75) is 16.8 Å². The summed E-state index contributed by atoms with van der Waals surface area (Å²) < 4.78 is 0. The van der Waals surface area contributed by atoms with Gasteiger partial charge in [0.15, 0.2) is 0 Å². The van der Waals surface area contributed by atoms with Crippen molar-refractivity contribution in [3.05, 3.63) is 53.7 Å². The molecule has 0 bridgehead atoms. The van der Waals surface area contributed by atoms with E-state index in [1.54, 1.807) is 6.07 Å². The number of carbonyl (C=O) groups is 1. The number of hydrogen-bond donors (Lipinski definition) is 0. The molecule has 0 amide bonds. The van der Waals surface area contributed by atoms with Crippen LogP contribution in [0.5, 0.6) is 0 Å². The maximum atomic E-state index is 11.0. The van der Waals surface area contributed by atoms with E-state index in [4.69, 9.17) is 0 Å². The highest BCUT2D eigenvalue weighted by atomic mass is 32.2. The maximum Gasteiger partial charge on any atom is 0.110 e. The molecule has 2 aromatic rings. The van der Waals surface area contributed by atoms with Crippen LogP contribution in [0.15, 0.2) is 52.4 Å². The van der Waals surface area contributed by atoms with Crippen molar-refractivity contribution < 1.29 is 9.90 Å². The van der Waals surface area contributed by atoms with Crippen LogP contribution in [-0.2, 0) is 0 Å². The van der Waals surface area contributed by atoms with Crippen LogP contribution in [0.3, 0.4) is 0 Å². The van der Waals surface area contributed by atoms with Crippen molar-refractivity contribution in [3.63, 3.8) is 0 Å². The lowest BCUT2D eigenvalue weighted by molar-refractivity contribution is -0.255. The van der Waals surface area contributed by atoms with Gasteiger partial charge in [-0.15, -0.1) is 0 Å². The van der Waals surface area contributed by atoms with Gasteiger partial charge < -0.3 is 9.90 Å². The molecule has 0 N–H and O–H groups in total. The minimum absolute atomic E-state index is 0.129. The van der Waals surface area contributed by atoms with Crippen molar-refractivity contribution >= 4 is 17.7 Å². The summed E-state index contributed by atoms with van der Waals surface area (Å²) >= 11 is 1.32. The number of pyridine rings is 1. The second kappa shape index (κ2) is 5.01. The summed E-state index contributed by atoms with van der Waals surface area (Å²) in [6.07, 6.45) is 0. The SMILES string of the molecule is Cc1ccc(C(=O)[O-])c(Sc2ccccc2)n1. The molecule has 0 unspecified atom stereocenters. The topological polar surface area (TPSA) is 53.0 Å². The van der Waals surface area contributed by atoms with Crippen LogP contribution in [0.4, 0.5) is 0 Å². The summed E-state index contributed by atoms with van der Waals surface area (Å²) in [5.74, 6) is -1.20. The Balaban J connectivity index is 2.37. The first-order valence-electron chi connectivity index (χ1n) is 5.09. The van der Waals surface area contributed by atoms with Crippen LogP contribution < -0.4 is 5.11 Å². The Bertz CT molecular complexity index is 540. The van der Waals surface area contributed by atoms with Gasteiger partial charge in [0.05, 0.1) is 5.97 Å².